The van der Waals surface area contributed by atoms with E-state index in [2.05, 4.69) is 40.7 Å². The second kappa shape index (κ2) is 11.0. The van der Waals surface area contributed by atoms with Crippen LogP contribution in [0.1, 0.15) is 23.6 Å². The number of rotatable bonds is 8. The Morgan fingerprint density at radius 2 is 1.81 bits per heavy atom. The maximum absolute atomic E-state index is 11.9. The van der Waals surface area contributed by atoms with Gasteiger partial charge in [0.1, 0.15) is 11.9 Å². The van der Waals surface area contributed by atoms with Crippen molar-refractivity contribution in [2.45, 2.75) is 33.0 Å². The Bertz CT molecular complexity index is 1060. The van der Waals surface area contributed by atoms with Gasteiger partial charge >= 0.3 is 0 Å². The van der Waals surface area contributed by atoms with E-state index >= 15 is 0 Å². The quantitative estimate of drug-likeness (QED) is 0.435. The first-order valence-electron chi connectivity index (χ1n) is 10.4. The Labute approximate surface area is 183 Å². The molecule has 0 fully saturated rings. The molecule has 162 valence electrons. The van der Waals surface area contributed by atoms with E-state index in [1.54, 1.807) is 29.9 Å². The lowest BCUT2D eigenvalue weighted by molar-refractivity contribution is 0.223. The zero-order valence-corrected chi connectivity index (χ0v) is 18.3. The summed E-state index contributed by atoms with van der Waals surface area (Å²) in [5.74, 6) is 1.59. The fourth-order valence-corrected chi connectivity index (χ4v) is 3.16. The molecule has 6 nitrogen and oxygen atoms in total. The molecule has 2 aromatic carbocycles. The summed E-state index contributed by atoms with van der Waals surface area (Å²) in [6.45, 7) is 5.93. The Hall–Kier alpha value is -3.54. The van der Waals surface area contributed by atoms with Gasteiger partial charge in [-0.2, -0.15) is 0 Å². The number of hydrogen-bond acceptors (Lipinski definition) is 3. The van der Waals surface area contributed by atoms with Crippen molar-refractivity contribution in [1.29, 1.82) is 0 Å². The van der Waals surface area contributed by atoms with Gasteiger partial charge in [0, 0.05) is 25.9 Å². The highest BCUT2D eigenvalue weighted by molar-refractivity contribution is 5.79. The summed E-state index contributed by atoms with van der Waals surface area (Å²) in [6.07, 6.45) is 1.80. The fourth-order valence-electron chi connectivity index (χ4n) is 3.16. The summed E-state index contributed by atoms with van der Waals surface area (Å²) in [6, 6.07) is 21.5. The van der Waals surface area contributed by atoms with Crippen LogP contribution in [0.3, 0.4) is 0 Å². The lowest BCUT2D eigenvalue weighted by atomic mass is 10.1. The molecule has 3 rings (SSSR count). The molecule has 1 heterocycles. The highest BCUT2D eigenvalue weighted by Crippen LogP contribution is 2.13. The summed E-state index contributed by atoms with van der Waals surface area (Å²) in [7, 11) is 1.75. The smallest absolute Gasteiger partial charge is 0.250 e. The van der Waals surface area contributed by atoms with Crippen molar-refractivity contribution in [3.05, 3.63) is 100.0 Å². The van der Waals surface area contributed by atoms with Crippen molar-refractivity contribution in [3.8, 4) is 5.75 Å². The van der Waals surface area contributed by atoms with Crippen LogP contribution < -0.4 is 20.9 Å². The van der Waals surface area contributed by atoms with Gasteiger partial charge in [-0.3, -0.25) is 9.79 Å². The summed E-state index contributed by atoms with van der Waals surface area (Å²) < 4.78 is 7.65. The molecule has 0 saturated heterocycles. The van der Waals surface area contributed by atoms with Crippen molar-refractivity contribution in [3.63, 3.8) is 0 Å². The number of benzene rings is 2. The van der Waals surface area contributed by atoms with Crippen LogP contribution in [-0.2, 0) is 13.1 Å². The van der Waals surface area contributed by atoms with Crippen LogP contribution in [-0.4, -0.2) is 30.2 Å². The second-order valence-corrected chi connectivity index (χ2v) is 7.53. The molecular formula is C25H30N4O2. The van der Waals surface area contributed by atoms with Gasteiger partial charge in [0.05, 0.1) is 13.1 Å². The van der Waals surface area contributed by atoms with Crippen molar-refractivity contribution in [1.82, 2.24) is 15.2 Å². The zero-order valence-electron chi connectivity index (χ0n) is 18.3. The molecule has 1 atom stereocenters. The number of aromatic nitrogens is 1. The van der Waals surface area contributed by atoms with Crippen molar-refractivity contribution in [2.75, 3.05) is 13.6 Å². The van der Waals surface area contributed by atoms with Gasteiger partial charge in [0.25, 0.3) is 5.56 Å². The van der Waals surface area contributed by atoms with Gasteiger partial charge in [0.15, 0.2) is 5.96 Å². The molecule has 1 aromatic heterocycles. The van der Waals surface area contributed by atoms with Crippen molar-refractivity contribution >= 4 is 5.96 Å². The summed E-state index contributed by atoms with van der Waals surface area (Å²) in [4.78, 5) is 16.1. The maximum Gasteiger partial charge on any atom is 0.250 e. The van der Waals surface area contributed by atoms with Gasteiger partial charge < -0.3 is 19.9 Å². The summed E-state index contributed by atoms with van der Waals surface area (Å²) in [5, 5.41) is 6.62. The molecule has 0 radical (unpaired) electrons. The van der Waals surface area contributed by atoms with Crippen molar-refractivity contribution < 1.29 is 4.74 Å². The average molecular weight is 419 g/mol. The third-order valence-electron chi connectivity index (χ3n) is 4.84. The first kappa shape index (κ1) is 22.2. The van der Waals surface area contributed by atoms with Crippen LogP contribution in [0.4, 0.5) is 0 Å². The second-order valence-electron chi connectivity index (χ2n) is 7.53. The van der Waals surface area contributed by atoms with Gasteiger partial charge in [-0.05, 0) is 48.7 Å². The highest BCUT2D eigenvalue weighted by Gasteiger charge is 2.06. The minimum Gasteiger partial charge on any atom is -0.489 e. The van der Waals surface area contributed by atoms with E-state index in [-0.39, 0.29) is 11.7 Å². The molecule has 0 spiro atoms. The predicted octanol–water partition coefficient (Wildman–Crippen LogP) is 3.34. The van der Waals surface area contributed by atoms with E-state index in [1.165, 1.54) is 5.56 Å². The van der Waals surface area contributed by atoms with E-state index in [1.807, 2.05) is 43.3 Å². The fraction of sp³-hybridized carbons (Fsp3) is 0.280. The Morgan fingerprint density at radius 3 is 2.52 bits per heavy atom. The number of ether oxygens (including phenoxy) is 1. The largest absolute Gasteiger partial charge is 0.489 e. The lowest BCUT2D eigenvalue weighted by Crippen LogP contribution is -2.41. The van der Waals surface area contributed by atoms with Gasteiger partial charge in [0.2, 0.25) is 0 Å². The number of aryl methyl sites for hydroxylation is 1. The van der Waals surface area contributed by atoms with E-state index in [0.29, 0.717) is 19.6 Å². The summed E-state index contributed by atoms with van der Waals surface area (Å²) in [5.41, 5.74) is 3.40. The monoisotopic (exact) mass is 418 g/mol. The molecule has 0 saturated carbocycles. The summed E-state index contributed by atoms with van der Waals surface area (Å²) >= 11 is 0. The van der Waals surface area contributed by atoms with Gasteiger partial charge in [-0.15, -0.1) is 0 Å². The Kier molecular flexibility index (Phi) is 7.87. The molecular weight excluding hydrogens is 388 g/mol. The van der Waals surface area contributed by atoms with E-state index in [9.17, 15) is 4.79 Å². The molecule has 3 aromatic rings. The third-order valence-corrected chi connectivity index (χ3v) is 4.84. The lowest BCUT2D eigenvalue weighted by Gasteiger charge is -2.18. The number of pyridine rings is 1. The van der Waals surface area contributed by atoms with Crippen molar-refractivity contribution in [2.24, 2.45) is 4.99 Å². The first-order chi connectivity index (χ1) is 15.0. The Balaban J connectivity index is 1.45. The van der Waals surface area contributed by atoms with E-state index in [0.717, 1.165) is 22.8 Å². The van der Waals surface area contributed by atoms with Crippen LogP contribution in [0.5, 0.6) is 5.75 Å². The van der Waals surface area contributed by atoms with Crippen LogP contribution in [0.25, 0.3) is 0 Å². The van der Waals surface area contributed by atoms with E-state index in [4.69, 9.17) is 4.74 Å². The molecule has 2 N–H and O–H groups in total. The topological polar surface area (TPSA) is 67.7 Å². The molecule has 0 aliphatic carbocycles. The SMILES string of the molecule is CN=C(NCc1ccc(Cn2ccccc2=O)cc1)NCC(C)Oc1cccc(C)c1. The molecule has 0 aliphatic rings. The minimum atomic E-state index is 0.000950. The van der Waals surface area contributed by atoms with Crippen LogP contribution in [0, 0.1) is 6.92 Å². The third kappa shape index (κ3) is 7.03. The van der Waals surface area contributed by atoms with E-state index < -0.39 is 0 Å². The van der Waals surface area contributed by atoms with Gasteiger partial charge in [-0.25, -0.2) is 0 Å². The zero-order chi connectivity index (χ0) is 22.1. The normalized spacial score (nSPS) is 12.3. The number of nitrogens with one attached hydrogen (secondary N) is 2. The van der Waals surface area contributed by atoms with Gasteiger partial charge in [-0.1, -0.05) is 42.5 Å². The number of guanidine groups is 1. The number of hydrogen-bond donors (Lipinski definition) is 2. The van der Waals surface area contributed by atoms with Crippen LogP contribution in [0.15, 0.2) is 82.7 Å². The van der Waals surface area contributed by atoms with Crippen LogP contribution in [0.2, 0.25) is 0 Å². The first-order valence-corrected chi connectivity index (χ1v) is 10.4. The molecule has 0 aliphatic heterocycles. The number of nitrogens with zero attached hydrogens (tertiary/aromatic N) is 2. The van der Waals surface area contributed by atoms with Crippen LogP contribution >= 0.6 is 0 Å². The highest BCUT2D eigenvalue weighted by atomic mass is 16.5. The molecule has 31 heavy (non-hydrogen) atoms. The maximum atomic E-state index is 11.9. The Morgan fingerprint density at radius 1 is 1.03 bits per heavy atom. The standard InChI is InChI=1S/C25H30N4O2/c1-19-7-6-8-23(15-19)31-20(2)16-27-25(26-3)28-17-21-10-12-22(13-11-21)18-29-14-5-4-9-24(29)30/h4-15,20H,16-18H2,1-3H3,(H2,26,27,28). The average Bonchev–Trinajstić information content (AvgIpc) is 2.76. The molecule has 0 bridgehead atoms. The molecule has 0 amide bonds. The molecule has 1 unspecified atom stereocenters. The number of aliphatic imine (C=N–C) groups is 1. The minimum absolute atomic E-state index is 0.000950. The molecule has 6 heteroatoms. The predicted molar refractivity (Wildman–Crippen MR) is 126 cm³/mol.